The number of hydrogen-bond acceptors (Lipinski definition) is 6. The van der Waals surface area contributed by atoms with Crippen molar-refractivity contribution < 1.29 is 9.90 Å². The summed E-state index contributed by atoms with van der Waals surface area (Å²) in [6.07, 6.45) is 0.524. The van der Waals surface area contributed by atoms with Crippen molar-refractivity contribution in [2.45, 2.75) is 24.4 Å². The van der Waals surface area contributed by atoms with Crippen LogP contribution in [0.25, 0.3) is 0 Å². The van der Waals surface area contributed by atoms with E-state index in [-0.39, 0.29) is 17.8 Å². The Labute approximate surface area is 169 Å². The van der Waals surface area contributed by atoms with E-state index < -0.39 is 6.10 Å². The van der Waals surface area contributed by atoms with Crippen LogP contribution in [0.15, 0.2) is 65.7 Å². The number of anilines is 1. The van der Waals surface area contributed by atoms with Gasteiger partial charge in [-0.05, 0) is 41.6 Å². The second kappa shape index (κ2) is 9.75. The first-order valence-electron chi connectivity index (χ1n) is 9.25. The minimum absolute atomic E-state index is 0.177. The van der Waals surface area contributed by atoms with E-state index in [1.54, 1.807) is 0 Å². The third kappa shape index (κ3) is 5.36. The third-order valence-electron chi connectivity index (χ3n) is 4.59. The van der Waals surface area contributed by atoms with E-state index in [1.807, 2.05) is 52.8 Å². The van der Waals surface area contributed by atoms with Crippen LogP contribution in [0, 0.1) is 0 Å². The van der Waals surface area contributed by atoms with Crippen molar-refractivity contribution in [1.82, 2.24) is 5.32 Å². The zero-order chi connectivity index (χ0) is 19.9. The maximum atomic E-state index is 11.3. The Morgan fingerprint density at radius 1 is 1.18 bits per heavy atom. The normalized spacial score (nSPS) is 17.4. The number of carbonyl (C=O) groups is 1. The van der Waals surface area contributed by atoms with Crippen molar-refractivity contribution in [3.05, 3.63) is 76.8 Å². The van der Waals surface area contributed by atoms with Gasteiger partial charge in [0.05, 0.1) is 12.5 Å². The zero-order valence-electron chi connectivity index (χ0n) is 15.6. The van der Waals surface area contributed by atoms with E-state index in [0.29, 0.717) is 6.54 Å². The highest BCUT2D eigenvalue weighted by Gasteiger charge is 2.25. The fraction of sp³-hybridized carbons (Fsp3) is 0.286. The van der Waals surface area contributed by atoms with E-state index in [1.165, 1.54) is 17.3 Å². The molecular weight excluding hydrogens is 372 g/mol. The van der Waals surface area contributed by atoms with Crippen LogP contribution in [0.2, 0.25) is 0 Å². The number of benzene rings is 2. The number of nitrogens with two attached hydrogens (primary N) is 2. The first-order valence-corrected chi connectivity index (χ1v) is 10.2. The molecule has 1 aliphatic rings. The molecule has 28 heavy (non-hydrogen) atoms. The lowest BCUT2D eigenvalue weighted by Crippen LogP contribution is -2.36. The number of thioether (sulfide) groups is 1. The van der Waals surface area contributed by atoms with Gasteiger partial charge >= 0.3 is 0 Å². The lowest BCUT2D eigenvalue weighted by molar-refractivity contribution is -0.117. The van der Waals surface area contributed by atoms with Gasteiger partial charge < -0.3 is 26.8 Å². The highest BCUT2D eigenvalue weighted by Crippen LogP contribution is 2.34. The Morgan fingerprint density at radius 2 is 1.89 bits per heavy atom. The molecule has 0 saturated carbocycles. The van der Waals surface area contributed by atoms with Crippen LogP contribution in [-0.2, 0) is 11.2 Å². The zero-order valence-corrected chi connectivity index (χ0v) is 16.4. The summed E-state index contributed by atoms with van der Waals surface area (Å²) in [6, 6.07) is 17.8. The smallest absolute Gasteiger partial charge is 0.223 e. The molecule has 1 amide bonds. The topological polar surface area (TPSA) is 105 Å². The van der Waals surface area contributed by atoms with E-state index >= 15 is 0 Å². The summed E-state index contributed by atoms with van der Waals surface area (Å²) < 4.78 is 0. The predicted octanol–water partition coefficient (Wildman–Crippen LogP) is 2.06. The van der Waals surface area contributed by atoms with Gasteiger partial charge in [-0.15, -0.1) is 0 Å². The second-order valence-corrected chi connectivity index (χ2v) is 7.69. The molecule has 1 unspecified atom stereocenters. The Hall–Kier alpha value is -2.32. The number of aliphatic hydroxyl groups is 1. The minimum atomic E-state index is -0.506. The summed E-state index contributed by atoms with van der Waals surface area (Å²) in [5.74, 6) is -0.369. The molecule has 148 valence electrons. The van der Waals surface area contributed by atoms with Gasteiger partial charge in [0.25, 0.3) is 0 Å². The molecule has 7 heteroatoms. The molecule has 2 atom stereocenters. The quantitative estimate of drug-likeness (QED) is 0.482. The molecule has 6 nitrogen and oxygen atoms in total. The van der Waals surface area contributed by atoms with Crippen molar-refractivity contribution in [1.29, 1.82) is 0 Å². The van der Waals surface area contributed by atoms with E-state index in [4.69, 9.17) is 11.5 Å². The van der Waals surface area contributed by atoms with Crippen LogP contribution in [0.1, 0.15) is 23.7 Å². The van der Waals surface area contributed by atoms with E-state index in [9.17, 15) is 9.90 Å². The summed E-state index contributed by atoms with van der Waals surface area (Å²) >= 11 is 1.47. The molecule has 6 N–H and O–H groups in total. The molecular formula is C21H26N4O2S. The molecule has 0 radical (unpaired) electrons. The Kier molecular flexibility index (Phi) is 7.11. The lowest BCUT2D eigenvalue weighted by atomic mass is 10.1. The number of nitrogens with zero attached hydrogens (tertiary/aromatic N) is 1. The summed E-state index contributed by atoms with van der Waals surface area (Å²) in [4.78, 5) is 13.2. The lowest BCUT2D eigenvalue weighted by Gasteiger charge is -2.26. The van der Waals surface area contributed by atoms with Gasteiger partial charge in [-0.2, -0.15) is 0 Å². The minimum Gasteiger partial charge on any atom is -0.387 e. The number of rotatable bonds is 9. The first kappa shape index (κ1) is 20.4. The number of amides is 1. The van der Waals surface area contributed by atoms with Gasteiger partial charge in [-0.1, -0.05) is 54.2 Å². The molecule has 0 saturated heterocycles. The van der Waals surface area contributed by atoms with Crippen molar-refractivity contribution in [3.63, 3.8) is 0 Å². The Bertz CT molecular complexity index is 811. The van der Waals surface area contributed by atoms with Crippen LogP contribution in [-0.4, -0.2) is 29.6 Å². The van der Waals surface area contributed by atoms with Crippen LogP contribution in [0.3, 0.4) is 0 Å². The molecule has 0 spiro atoms. The molecule has 0 aliphatic carbocycles. The maximum absolute atomic E-state index is 11.3. The highest BCUT2D eigenvalue weighted by atomic mass is 32.2. The van der Waals surface area contributed by atoms with Gasteiger partial charge in [0.2, 0.25) is 5.91 Å². The summed E-state index contributed by atoms with van der Waals surface area (Å²) in [5, 5.41) is 15.4. The summed E-state index contributed by atoms with van der Waals surface area (Å²) in [5.41, 5.74) is 15.1. The maximum Gasteiger partial charge on any atom is 0.223 e. The second-order valence-electron chi connectivity index (χ2n) is 6.70. The number of carbonyl (C=O) groups excluding carboxylic acids is 1. The molecule has 3 rings (SSSR count). The monoisotopic (exact) mass is 398 g/mol. The van der Waals surface area contributed by atoms with Crippen molar-refractivity contribution in [3.8, 4) is 0 Å². The largest absolute Gasteiger partial charge is 0.387 e. The first-order chi connectivity index (χ1) is 13.5. The fourth-order valence-corrected chi connectivity index (χ4v) is 4.01. The standard InChI is InChI=1S/C21H26N4O2S/c22-20(27)12-18-14-28-21(23)25(18)17-8-6-15(7-9-17)10-11-24-13-19(26)16-4-2-1-3-5-16/h1-9,14,19,21,24,26H,10-13,23H2,(H2,22,27)/t19-,21?/m1/s1. The number of aliphatic hydroxyl groups excluding tert-OH is 1. The number of nitrogens with one attached hydrogen (secondary N) is 1. The van der Waals surface area contributed by atoms with Crippen LogP contribution >= 0.6 is 11.8 Å². The predicted molar refractivity (Wildman–Crippen MR) is 114 cm³/mol. The molecule has 0 fully saturated rings. The molecule has 0 aromatic heterocycles. The molecule has 2 aromatic rings. The van der Waals surface area contributed by atoms with Crippen molar-refractivity contribution in [2.24, 2.45) is 11.5 Å². The molecule has 2 aromatic carbocycles. The summed E-state index contributed by atoms with van der Waals surface area (Å²) in [6.45, 7) is 1.29. The number of primary amides is 1. The molecule has 0 bridgehead atoms. The van der Waals surface area contributed by atoms with Crippen molar-refractivity contribution >= 4 is 23.4 Å². The average molecular weight is 399 g/mol. The van der Waals surface area contributed by atoms with E-state index in [0.717, 1.165) is 29.9 Å². The fourth-order valence-electron chi connectivity index (χ4n) is 3.14. The Balaban J connectivity index is 1.49. The Morgan fingerprint density at radius 3 is 2.57 bits per heavy atom. The van der Waals surface area contributed by atoms with Gasteiger partial charge in [0.1, 0.15) is 5.50 Å². The van der Waals surface area contributed by atoms with Crippen LogP contribution < -0.4 is 21.7 Å². The highest BCUT2D eigenvalue weighted by molar-refractivity contribution is 8.03. The molecule has 1 aliphatic heterocycles. The van der Waals surface area contributed by atoms with Crippen molar-refractivity contribution in [2.75, 3.05) is 18.0 Å². The number of hydrogen-bond donors (Lipinski definition) is 4. The SMILES string of the molecule is NC(=O)CC1=CSC(N)N1c1ccc(CCNC[C@@H](O)c2ccccc2)cc1. The van der Waals surface area contributed by atoms with Crippen LogP contribution in [0.5, 0.6) is 0 Å². The van der Waals surface area contributed by atoms with Gasteiger partial charge in [0.15, 0.2) is 0 Å². The molecule has 1 heterocycles. The van der Waals surface area contributed by atoms with Gasteiger partial charge in [-0.25, -0.2) is 0 Å². The van der Waals surface area contributed by atoms with Gasteiger partial charge in [-0.3, -0.25) is 4.79 Å². The summed E-state index contributed by atoms with van der Waals surface area (Å²) in [7, 11) is 0. The van der Waals surface area contributed by atoms with Crippen LogP contribution in [0.4, 0.5) is 5.69 Å². The van der Waals surface area contributed by atoms with E-state index in [2.05, 4.69) is 17.4 Å². The average Bonchev–Trinajstić information content (AvgIpc) is 3.05. The third-order valence-corrected chi connectivity index (χ3v) is 5.49. The van der Waals surface area contributed by atoms with Gasteiger partial charge in [0, 0.05) is 17.9 Å².